The second-order valence-corrected chi connectivity index (χ2v) is 9.29. The zero-order chi connectivity index (χ0) is 21.6. The molecule has 1 fully saturated rings. The van der Waals surface area contributed by atoms with Gasteiger partial charge in [0.25, 0.3) is 5.91 Å². The molecule has 1 aliphatic carbocycles. The summed E-state index contributed by atoms with van der Waals surface area (Å²) < 4.78 is 33.6. The Balaban J connectivity index is 0.00000341. The van der Waals surface area contributed by atoms with Gasteiger partial charge in [0.2, 0.25) is 10.0 Å². The summed E-state index contributed by atoms with van der Waals surface area (Å²) in [5.41, 5.74) is 2.40. The monoisotopic (exact) mass is 469 g/mol. The van der Waals surface area contributed by atoms with Gasteiger partial charge < -0.3 is 4.74 Å². The molecule has 1 unspecified atom stereocenters. The highest BCUT2D eigenvalue weighted by atomic mass is 35.5. The highest BCUT2D eigenvalue weighted by molar-refractivity contribution is 7.89. The normalized spacial score (nSPS) is 15.7. The fraction of sp³-hybridized carbons (Fsp3) is 0.429. The number of nitrogens with zero attached hydrogens (tertiary/aromatic N) is 2. The first-order chi connectivity index (χ1) is 14.5. The Hall–Kier alpha value is -2.20. The van der Waals surface area contributed by atoms with Crippen LogP contribution in [-0.4, -0.2) is 42.0 Å². The van der Waals surface area contributed by atoms with Crippen molar-refractivity contribution in [2.24, 2.45) is 5.92 Å². The van der Waals surface area contributed by atoms with Gasteiger partial charge in [-0.25, -0.2) is 13.9 Å². The van der Waals surface area contributed by atoms with Crippen LogP contribution in [0, 0.1) is 5.92 Å². The van der Waals surface area contributed by atoms with Crippen LogP contribution in [0.25, 0.3) is 0 Å². The Morgan fingerprint density at radius 2 is 1.77 bits per heavy atom. The number of hydrogen-bond donors (Lipinski definition) is 2. The lowest BCUT2D eigenvalue weighted by Gasteiger charge is -2.36. The zero-order valence-corrected chi connectivity index (χ0v) is 18.9. The second kappa shape index (κ2) is 11.4. The van der Waals surface area contributed by atoms with Gasteiger partial charge in [-0.3, -0.25) is 15.0 Å². The largest absolute Gasteiger partial charge is 0.497 e. The van der Waals surface area contributed by atoms with Crippen molar-refractivity contribution in [1.29, 1.82) is 0 Å². The van der Waals surface area contributed by atoms with Crippen molar-refractivity contribution < 1.29 is 23.2 Å². The standard InChI is InChI=1S/C21H27N3O5S.ClH/c1-29-18-7-9-19(10-8-18)30(27,28)24(15-16-11-13-22-14-12-16)20(21(25)23-26)17-5-3-2-4-6-17;/h7-14,17,20,26H,2-6,15H2,1H3,(H,23,25);1H. The van der Waals surface area contributed by atoms with E-state index < -0.39 is 22.0 Å². The molecule has 10 heteroatoms. The van der Waals surface area contributed by atoms with Crippen LogP contribution in [0.2, 0.25) is 0 Å². The number of hydrogen-bond acceptors (Lipinski definition) is 6. The van der Waals surface area contributed by atoms with Crippen molar-refractivity contribution in [2.75, 3.05) is 7.11 Å². The van der Waals surface area contributed by atoms with Gasteiger partial charge in [0.05, 0.1) is 12.0 Å². The van der Waals surface area contributed by atoms with Gasteiger partial charge in [0.15, 0.2) is 0 Å². The molecule has 2 aromatic rings. The van der Waals surface area contributed by atoms with E-state index in [2.05, 4.69) is 4.98 Å². The summed E-state index contributed by atoms with van der Waals surface area (Å²) in [7, 11) is -2.54. The molecule has 1 heterocycles. The number of carbonyl (C=O) groups is 1. The molecule has 1 saturated carbocycles. The van der Waals surface area contributed by atoms with Crippen molar-refractivity contribution in [2.45, 2.75) is 49.6 Å². The molecule has 0 radical (unpaired) electrons. The molecule has 1 aromatic heterocycles. The molecular weight excluding hydrogens is 442 g/mol. The maximum atomic E-state index is 13.6. The Labute approximate surface area is 189 Å². The number of sulfonamides is 1. The molecule has 0 bridgehead atoms. The molecule has 170 valence electrons. The number of rotatable bonds is 8. The molecule has 8 nitrogen and oxygen atoms in total. The van der Waals surface area contributed by atoms with E-state index in [0.717, 1.165) is 32.1 Å². The van der Waals surface area contributed by atoms with E-state index in [-0.39, 0.29) is 29.8 Å². The predicted octanol–water partition coefficient (Wildman–Crippen LogP) is 3.16. The Morgan fingerprint density at radius 1 is 1.16 bits per heavy atom. The zero-order valence-electron chi connectivity index (χ0n) is 17.3. The highest BCUT2D eigenvalue weighted by Crippen LogP contribution is 2.33. The van der Waals surface area contributed by atoms with Gasteiger partial charge in [0.1, 0.15) is 11.8 Å². The fourth-order valence-corrected chi connectivity index (χ4v) is 5.62. The van der Waals surface area contributed by atoms with E-state index in [4.69, 9.17) is 4.74 Å². The summed E-state index contributed by atoms with van der Waals surface area (Å²) in [6.07, 6.45) is 7.51. The van der Waals surface area contributed by atoms with Gasteiger partial charge >= 0.3 is 0 Å². The van der Waals surface area contributed by atoms with E-state index >= 15 is 0 Å². The average Bonchev–Trinajstić information content (AvgIpc) is 2.80. The van der Waals surface area contributed by atoms with E-state index in [1.54, 1.807) is 42.1 Å². The van der Waals surface area contributed by atoms with Crippen LogP contribution in [0.4, 0.5) is 0 Å². The summed E-state index contributed by atoms with van der Waals surface area (Å²) in [5.74, 6) is -0.361. The molecule has 2 N–H and O–H groups in total. The minimum atomic E-state index is -4.04. The lowest BCUT2D eigenvalue weighted by molar-refractivity contribution is -0.135. The topological polar surface area (TPSA) is 109 Å². The van der Waals surface area contributed by atoms with E-state index in [0.29, 0.717) is 11.3 Å². The van der Waals surface area contributed by atoms with Gasteiger partial charge in [-0.15, -0.1) is 12.4 Å². The van der Waals surface area contributed by atoms with Crippen LogP contribution in [0.5, 0.6) is 5.75 Å². The van der Waals surface area contributed by atoms with Crippen LogP contribution in [-0.2, 0) is 21.4 Å². The number of pyridine rings is 1. The number of benzene rings is 1. The Bertz CT molecular complexity index is 935. The first-order valence-electron chi connectivity index (χ1n) is 9.96. The van der Waals surface area contributed by atoms with E-state index in [9.17, 15) is 18.4 Å². The third kappa shape index (κ3) is 5.94. The maximum absolute atomic E-state index is 13.6. The average molecular weight is 470 g/mol. The number of amides is 1. The molecule has 31 heavy (non-hydrogen) atoms. The fourth-order valence-electron chi connectivity index (χ4n) is 3.98. The smallest absolute Gasteiger partial charge is 0.262 e. The number of hydroxylamine groups is 1. The van der Waals surface area contributed by atoms with Crippen molar-refractivity contribution in [3.63, 3.8) is 0 Å². The van der Waals surface area contributed by atoms with Crippen LogP contribution in [0.3, 0.4) is 0 Å². The third-order valence-corrected chi connectivity index (χ3v) is 7.38. The Morgan fingerprint density at radius 3 is 2.32 bits per heavy atom. The molecule has 0 saturated heterocycles. The van der Waals surface area contributed by atoms with E-state index in [1.165, 1.54) is 23.5 Å². The van der Waals surface area contributed by atoms with Gasteiger partial charge in [-0.05, 0) is 60.7 Å². The van der Waals surface area contributed by atoms with Crippen LogP contribution >= 0.6 is 12.4 Å². The quantitative estimate of drug-likeness (QED) is 0.454. The minimum absolute atomic E-state index is 0. The van der Waals surface area contributed by atoms with Crippen LogP contribution < -0.4 is 10.2 Å². The first kappa shape index (κ1) is 25.1. The lowest BCUT2D eigenvalue weighted by Crippen LogP contribution is -2.52. The summed E-state index contributed by atoms with van der Waals surface area (Å²) in [4.78, 5) is 16.8. The van der Waals surface area contributed by atoms with Crippen LogP contribution in [0.15, 0.2) is 53.7 Å². The second-order valence-electron chi connectivity index (χ2n) is 7.40. The third-order valence-electron chi connectivity index (χ3n) is 5.54. The maximum Gasteiger partial charge on any atom is 0.262 e. The molecule has 1 atom stereocenters. The molecule has 0 spiro atoms. The number of methoxy groups -OCH3 is 1. The van der Waals surface area contributed by atoms with Crippen LogP contribution in [0.1, 0.15) is 37.7 Å². The molecular formula is C21H28ClN3O5S. The molecule has 1 aliphatic rings. The number of halogens is 1. The molecule has 1 aromatic carbocycles. The highest BCUT2D eigenvalue weighted by Gasteiger charge is 2.41. The first-order valence-corrected chi connectivity index (χ1v) is 11.4. The number of carbonyl (C=O) groups excluding carboxylic acids is 1. The molecule has 1 amide bonds. The van der Waals surface area contributed by atoms with Gasteiger partial charge in [-0.2, -0.15) is 4.31 Å². The number of nitrogens with one attached hydrogen (secondary N) is 1. The van der Waals surface area contributed by atoms with Crippen molar-refractivity contribution >= 4 is 28.3 Å². The summed E-state index contributed by atoms with van der Waals surface area (Å²) >= 11 is 0. The lowest BCUT2D eigenvalue weighted by atomic mass is 9.83. The van der Waals surface area contributed by atoms with Gasteiger partial charge in [0, 0.05) is 18.9 Å². The SMILES string of the molecule is COc1ccc(S(=O)(=O)N(Cc2ccncc2)C(C(=O)NO)C2CCCCC2)cc1.Cl. The number of aromatic nitrogens is 1. The molecule has 3 rings (SSSR count). The van der Waals surface area contributed by atoms with Crippen molar-refractivity contribution in [1.82, 2.24) is 14.8 Å². The van der Waals surface area contributed by atoms with Crippen molar-refractivity contribution in [3.05, 3.63) is 54.4 Å². The van der Waals surface area contributed by atoms with E-state index in [1.807, 2.05) is 0 Å². The summed E-state index contributed by atoms with van der Waals surface area (Å²) in [6, 6.07) is 8.47. The minimum Gasteiger partial charge on any atom is -0.497 e. The Kier molecular flexibility index (Phi) is 9.24. The predicted molar refractivity (Wildman–Crippen MR) is 118 cm³/mol. The summed E-state index contributed by atoms with van der Waals surface area (Å²) in [6.45, 7) is -0.00846. The molecule has 0 aliphatic heterocycles. The van der Waals surface area contributed by atoms with Gasteiger partial charge in [-0.1, -0.05) is 19.3 Å². The summed E-state index contributed by atoms with van der Waals surface area (Å²) in [5, 5.41) is 9.41. The number of ether oxygens (including phenoxy) is 1. The van der Waals surface area contributed by atoms with Crippen molar-refractivity contribution in [3.8, 4) is 5.75 Å².